The van der Waals surface area contributed by atoms with E-state index in [0.717, 1.165) is 18.0 Å². The maximum atomic E-state index is 11.1. The van der Waals surface area contributed by atoms with Crippen LogP contribution < -0.4 is 9.64 Å². The van der Waals surface area contributed by atoms with Crippen molar-refractivity contribution in [1.29, 1.82) is 0 Å². The second-order valence-corrected chi connectivity index (χ2v) is 3.36. The van der Waals surface area contributed by atoms with E-state index in [1.54, 1.807) is 12.3 Å². The van der Waals surface area contributed by atoms with Gasteiger partial charge in [0.25, 0.3) is 0 Å². The summed E-state index contributed by atoms with van der Waals surface area (Å²) in [6.07, 6.45) is 1.61. The van der Waals surface area contributed by atoms with E-state index in [1.165, 1.54) is 6.92 Å². The molecular formula is C10H12N2O2. The maximum absolute atomic E-state index is 11.1. The van der Waals surface area contributed by atoms with Crippen LogP contribution in [-0.2, 0) is 0 Å². The van der Waals surface area contributed by atoms with Crippen LogP contribution in [0.5, 0.6) is 5.75 Å². The molecule has 14 heavy (non-hydrogen) atoms. The van der Waals surface area contributed by atoms with E-state index in [4.69, 9.17) is 4.74 Å². The number of ketones is 1. The highest BCUT2D eigenvalue weighted by atomic mass is 16.5. The van der Waals surface area contributed by atoms with Gasteiger partial charge in [-0.3, -0.25) is 4.79 Å². The van der Waals surface area contributed by atoms with Crippen LogP contribution in [0.25, 0.3) is 0 Å². The largest absolute Gasteiger partial charge is 0.488 e. The SMILES string of the molecule is CC(=O)c1cc2c(cn1)OCCN2C. The molecule has 1 aromatic heterocycles. The molecular weight excluding hydrogens is 180 g/mol. The van der Waals surface area contributed by atoms with Gasteiger partial charge in [0.05, 0.1) is 18.4 Å². The van der Waals surface area contributed by atoms with Crippen molar-refractivity contribution in [3.63, 3.8) is 0 Å². The number of hydrogen-bond donors (Lipinski definition) is 0. The zero-order valence-electron chi connectivity index (χ0n) is 8.28. The lowest BCUT2D eigenvalue weighted by atomic mass is 10.2. The van der Waals surface area contributed by atoms with E-state index in [0.29, 0.717) is 12.3 Å². The molecule has 1 aliphatic heterocycles. The minimum absolute atomic E-state index is 0.0215. The summed E-state index contributed by atoms with van der Waals surface area (Å²) in [6, 6.07) is 1.77. The summed E-state index contributed by atoms with van der Waals surface area (Å²) in [4.78, 5) is 17.2. The van der Waals surface area contributed by atoms with Gasteiger partial charge in [0.1, 0.15) is 12.3 Å². The smallest absolute Gasteiger partial charge is 0.178 e. The van der Waals surface area contributed by atoms with Gasteiger partial charge in [-0.1, -0.05) is 0 Å². The van der Waals surface area contributed by atoms with Crippen molar-refractivity contribution in [2.24, 2.45) is 0 Å². The van der Waals surface area contributed by atoms with Crippen LogP contribution in [0.15, 0.2) is 12.3 Å². The third-order valence-electron chi connectivity index (χ3n) is 2.30. The predicted octanol–water partition coefficient (Wildman–Crippen LogP) is 1.11. The molecule has 0 saturated heterocycles. The van der Waals surface area contributed by atoms with Gasteiger partial charge in [0.2, 0.25) is 0 Å². The summed E-state index contributed by atoms with van der Waals surface area (Å²) >= 11 is 0. The fraction of sp³-hybridized carbons (Fsp3) is 0.400. The van der Waals surface area contributed by atoms with Gasteiger partial charge < -0.3 is 9.64 Å². The molecule has 74 valence electrons. The molecule has 1 aromatic rings. The number of Topliss-reactive ketones (excluding diaryl/α,β-unsaturated/α-hetero) is 1. The highest BCUT2D eigenvalue weighted by Crippen LogP contribution is 2.29. The van der Waals surface area contributed by atoms with Crippen LogP contribution in [0.3, 0.4) is 0 Å². The molecule has 0 spiro atoms. The van der Waals surface area contributed by atoms with Crippen LogP contribution in [0.2, 0.25) is 0 Å². The first-order valence-corrected chi connectivity index (χ1v) is 4.53. The van der Waals surface area contributed by atoms with Gasteiger partial charge in [-0.25, -0.2) is 4.98 Å². The Bertz CT molecular complexity index is 376. The van der Waals surface area contributed by atoms with Crippen LogP contribution in [0, 0.1) is 0 Å². The monoisotopic (exact) mass is 192 g/mol. The van der Waals surface area contributed by atoms with Crippen LogP contribution in [0.1, 0.15) is 17.4 Å². The molecule has 1 aliphatic rings. The average molecular weight is 192 g/mol. The molecule has 4 nitrogen and oxygen atoms in total. The molecule has 4 heteroatoms. The summed E-state index contributed by atoms with van der Waals surface area (Å²) in [6.45, 7) is 3.03. The Kier molecular flexibility index (Phi) is 2.11. The van der Waals surface area contributed by atoms with E-state index >= 15 is 0 Å². The average Bonchev–Trinajstić information content (AvgIpc) is 2.18. The number of hydrogen-bond acceptors (Lipinski definition) is 4. The quantitative estimate of drug-likeness (QED) is 0.625. The third-order valence-corrected chi connectivity index (χ3v) is 2.30. The first-order valence-electron chi connectivity index (χ1n) is 4.53. The van der Waals surface area contributed by atoms with Gasteiger partial charge in [0, 0.05) is 14.0 Å². The summed E-state index contributed by atoms with van der Waals surface area (Å²) in [5, 5.41) is 0. The molecule has 0 aliphatic carbocycles. The predicted molar refractivity (Wildman–Crippen MR) is 53.0 cm³/mol. The van der Waals surface area contributed by atoms with Crippen molar-refractivity contribution in [1.82, 2.24) is 4.98 Å². The molecule has 0 bridgehead atoms. The lowest BCUT2D eigenvalue weighted by Gasteiger charge is -2.27. The van der Waals surface area contributed by atoms with E-state index in [1.807, 2.05) is 7.05 Å². The lowest BCUT2D eigenvalue weighted by Crippen LogP contribution is -2.29. The Labute approximate surface area is 82.5 Å². The zero-order valence-corrected chi connectivity index (χ0v) is 8.28. The second-order valence-electron chi connectivity index (χ2n) is 3.36. The molecule has 2 heterocycles. The number of fused-ring (bicyclic) bond motifs is 1. The number of carbonyl (C=O) groups excluding carboxylic acids is 1. The minimum atomic E-state index is -0.0215. The van der Waals surface area contributed by atoms with E-state index in [-0.39, 0.29) is 5.78 Å². The van der Waals surface area contributed by atoms with Gasteiger partial charge >= 0.3 is 0 Å². The topological polar surface area (TPSA) is 42.4 Å². The Morgan fingerprint density at radius 1 is 1.64 bits per heavy atom. The molecule has 0 atom stereocenters. The highest BCUT2D eigenvalue weighted by Gasteiger charge is 2.16. The molecule has 2 rings (SSSR count). The van der Waals surface area contributed by atoms with E-state index in [9.17, 15) is 4.79 Å². The molecule has 0 amide bonds. The third kappa shape index (κ3) is 1.43. The number of likely N-dealkylation sites (N-methyl/N-ethyl adjacent to an activating group) is 1. The first kappa shape index (κ1) is 8.99. The molecule has 0 unspecified atom stereocenters. The van der Waals surface area contributed by atoms with Gasteiger partial charge in [0.15, 0.2) is 11.5 Å². The van der Waals surface area contributed by atoms with Crippen LogP contribution in [-0.4, -0.2) is 31.0 Å². The van der Waals surface area contributed by atoms with Gasteiger partial charge in [-0.15, -0.1) is 0 Å². The second kappa shape index (κ2) is 3.29. The highest BCUT2D eigenvalue weighted by molar-refractivity contribution is 5.93. The molecule has 0 radical (unpaired) electrons. The lowest BCUT2D eigenvalue weighted by molar-refractivity contribution is 0.101. The van der Waals surface area contributed by atoms with Gasteiger partial charge in [-0.05, 0) is 6.07 Å². The molecule has 0 N–H and O–H groups in total. The van der Waals surface area contributed by atoms with E-state index < -0.39 is 0 Å². The molecule has 0 saturated carbocycles. The van der Waals surface area contributed by atoms with Crippen molar-refractivity contribution in [3.05, 3.63) is 18.0 Å². The molecule has 0 fully saturated rings. The minimum Gasteiger partial charge on any atom is -0.488 e. The number of anilines is 1. The standard InChI is InChI=1S/C10H12N2O2/c1-7(13)8-5-9-10(6-11-8)14-4-3-12(9)2/h5-6H,3-4H2,1-2H3. The number of aromatic nitrogens is 1. The fourth-order valence-electron chi connectivity index (χ4n) is 1.45. The Hall–Kier alpha value is -1.58. The summed E-state index contributed by atoms with van der Waals surface area (Å²) in [5.74, 6) is 0.732. The molecule has 0 aromatic carbocycles. The van der Waals surface area contributed by atoms with Crippen LogP contribution in [0.4, 0.5) is 5.69 Å². The number of pyridine rings is 1. The number of rotatable bonds is 1. The number of carbonyl (C=O) groups is 1. The zero-order chi connectivity index (χ0) is 10.1. The maximum Gasteiger partial charge on any atom is 0.178 e. The summed E-state index contributed by atoms with van der Waals surface area (Å²) in [7, 11) is 1.98. The fourth-order valence-corrected chi connectivity index (χ4v) is 1.45. The van der Waals surface area contributed by atoms with Crippen molar-refractivity contribution in [2.45, 2.75) is 6.92 Å². The summed E-state index contributed by atoms with van der Waals surface area (Å²) in [5.41, 5.74) is 1.43. The Morgan fingerprint density at radius 2 is 2.43 bits per heavy atom. The summed E-state index contributed by atoms with van der Waals surface area (Å²) < 4.78 is 5.41. The first-order chi connectivity index (χ1) is 6.68. The van der Waals surface area contributed by atoms with Gasteiger partial charge in [-0.2, -0.15) is 0 Å². The number of ether oxygens (including phenoxy) is 1. The number of nitrogens with zero attached hydrogens (tertiary/aromatic N) is 2. The Balaban J connectivity index is 2.45. The normalized spacial score (nSPS) is 14.6. The van der Waals surface area contributed by atoms with E-state index in [2.05, 4.69) is 9.88 Å². The van der Waals surface area contributed by atoms with Crippen molar-refractivity contribution < 1.29 is 9.53 Å². The Morgan fingerprint density at radius 3 is 3.14 bits per heavy atom. The van der Waals surface area contributed by atoms with Crippen molar-refractivity contribution in [2.75, 3.05) is 25.1 Å². The van der Waals surface area contributed by atoms with Crippen molar-refractivity contribution >= 4 is 11.5 Å². The van der Waals surface area contributed by atoms with Crippen molar-refractivity contribution in [3.8, 4) is 5.75 Å². The van der Waals surface area contributed by atoms with Crippen LogP contribution >= 0.6 is 0 Å².